The standard InChI is InChI=1S/C13H24N4/c1-6-8-17(7-2)13-11(10(3)4)12(14-5)15-9-16-13/h9-10H,6-8H2,1-5H3,(H,14,15,16). The van der Waals surface area contributed by atoms with E-state index in [1.54, 1.807) is 6.33 Å². The Balaban J connectivity index is 3.20. The smallest absolute Gasteiger partial charge is 0.137 e. The van der Waals surface area contributed by atoms with Crippen molar-refractivity contribution in [2.75, 3.05) is 30.4 Å². The Hall–Kier alpha value is -1.32. The fourth-order valence-corrected chi connectivity index (χ4v) is 2.05. The van der Waals surface area contributed by atoms with Crippen molar-refractivity contribution in [1.82, 2.24) is 9.97 Å². The van der Waals surface area contributed by atoms with Gasteiger partial charge in [-0.3, -0.25) is 0 Å². The van der Waals surface area contributed by atoms with Crippen LogP contribution in [0.15, 0.2) is 6.33 Å². The molecule has 0 bridgehead atoms. The van der Waals surface area contributed by atoms with Gasteiger partial charge in [-0.2, -0.15) is 0 Å². The van der Waals surface area contributed by atoms with Gasteiger partial charge in [0.2, 0.25) is 0 Å². The molecule has 0 aliphatic carbocycles. The highest BCUT2D eigenvalue weighted by Gasteiger charge is 2.17. The van der Waals surface area contributed by atoms with Gasteiger partial charge in [0.15, 0.2) is 0 Å². The average molecular weight is 236 g/mol. The molecule has 4 heteroatoms. The van der Waals surface area contributed by atoms with E-state index in [1.807, 2.05) is 7.05 Å². The summed E-state index contributed by atoms with van der Waals surface area (Å²) in [5, 5.41) is 3.16. The van der Waals surface area contributed by atoms with Gasteiger partial charge in [0, 0.05) is 25.7 Å². The van der Waals surface area contributed by atoms with E-state index in [2.05, 4.69) is 47.9 Å². The molecule has 0 atom stereocenters. The molecule has 1 aromatic rings. The molecule has 1 N–H and O–H groups in total. The first-order valence-corrected chi connectivity index (χ1v) is 6.43. The number of aromatic nitrogens is 2. The van der Waals surface area contributed by atoms with E-state index in [0.717, 1.165) is 31.1 Å². The van der Waals surface area contributed by atoms with Gasteiger partial charge < -0.3 is 10.2 Å². The van der Waals surface area contributed by atoms with Crippen LogP contribution in [0.3, 0.4) is 0 Å². The molecule has 1 heterocycles. The first-order valence-electron chi connectivity index (χ1n) is 6.43. The van der Waals surface area contributed by atoms with Gasteiger partial charge >= 0.3 is 0 Å². The van der Waals surface area contributed by atoms with E-state index in [1.165, 1.54) is 5.56 Å². The van der Waals surface area contributed by atoms with Crippen LogP contribution in [-0.2, 0) is 0 Å². The number of hydrogen-bond acceptors (Lipinski definition) is 4. The Labute approximate surface area is 104 Å². The lowest BCUT2D eigenvalue weighted by molar-refractivity contribution is 0.752. The van der Waals surface area contributed by atoms with E-state index in [0.29, 0.717) is 5.92 Å². The second kappa shape index (κ2) is 6.42. The largest absolute Gasteiger partial charge is 0.373 e. The summed E-state index contributed by atoms with van der Waals surface area (Å²) in [6, 6.07) is 0. The minimum atomic E-state index is 0.416. The maximum absolute atomic E-state index is 4.47. The van der Waals surface area contributed by atoms with Crippen LogP contribution < -0.4 is 10.2 Å². The quantitative estimate of drug-likeness (QED) is 0.824. The van der Waals surface area contributed by atoms with Crippen LogP contribution in [0.1, 0.15) is 45.6 Å². The molecule has 96 valence electrons. The Morgan fingerprint density at radius 3 is 2.47 bits per heavy atom. The molecule has 0 aromatic carbocycles. The molecule has 0 spiro atoms. The highest BCUT2D eigenvalue weighted by Crippen LogP contribution is 2.30. The van der Waals surface area contributed by atoms with Gasteiger partial charge in [-0.25, -0.2) is 9.97 Å². The van der Waals surface area contributed by atoms with E-state index >= 15 is 0 Å². The van der Waals surface area contributed by atoms with Gasteiger partial charge in [-0.1, -0.05) is 20.8 Å². The summed E-state index contributed by atoms with van der Waals surface area (Å²) < 4.78 is 0. The maximum Gasteiger partial charge on any atom is 0.137 e. The third-order valence-electron chi connectivity index (χ3n) is 2.85. The molecular formula is C13H24N4. The van der Waals surface area contributed by atoms with Crippen LogP contribution in [-0.4, -0.2) is 30.1 Å². The SMILES string of the molecule is CCCN(CC)c1ncnc(NC)c1C(C)C. The predicted molar refractivity (Wildman–Crippen MR) is 73.8 cm³/mol. The molecule has 0 amide bonds. The highest BCUT2D eigenvalue weighted by atomic mass is 15.2. The second-order valence-corrected chi connectivity index (χ2v) is 4.44. The lowest BCUT2D eigenvalue weighted by atomic mass is 10.0. The van der Waals surface area contributed by atoms with E-state index < -0.39 is 0 Å². The van der Waals surface area contributed by atoms with Crippen LogP contribution in [0.25, 0.3) is 0 Å². The van der Waals surface area contributed by atoms with Crippen molar-refractivity contribution in [3.05, 3.63) is 11.9 Å². The fourth-order valence-electron chi connectivity index (χ4n) is 2.05. The van der Waals surface area contributed by atoms with Crippen LogP contribution in [0, 0.1) is 0 Å². The average Bonchev–Trinajstić information content (AvgIpc) is 2.34. The van der Waals surface area contributed by atoms with Crippen LogP contribution in [0.5, 0.6) is 0 Å². The number of rotatable bonds is 6. The second-order valence-electron chi connectivity index (χ2n) is 4.44. The molecule has 0 aliphatic heterocycles. The van der Waals surface area contributed by atoms with Gasteiger partial charge in [0.05, 0.1) is 0 Å². The van der Waals surface area contributed by atoms with Gasteiger partial charge in [-0.15, -0.1) is 0 Å². The van der Waals surface area contributed by atoms with Crippen LogP contribution >= 0.6 is 0 Å². The Kier molecular flexibility index (Phi) is 5.19. The van der Waals surface area contributed by atoms with Crippen molar-refractivity contribution in [2.45, 2.75) is 40.0 Å². The molecule has 4 nitrogen and oxygen atoms in total. The van der Waals surface area contributed by atoms with Crippen molar-refractivity contribution < 1.29 is 0 Å². The summed E-state index contributed by atoms with van der Waals surface area (Å²) >= 11 is 0. The van der Waals surface area contributed by atoms with Crippen molar-refractivity contribution in [2.24, 2.45) is 0 Å². The van der Waals surface area contributed by atoms with Crippen molar-refractivity contribution >= 4 is 11.6 Å². The fraction of sp³-hybridized carbons (Fsp3) is 0.692. The summed E-state index contributed by atoms with van der Waals surface area (Å²) in [6.07, 6.45) is 2.77. The zero-order valence-corrected chi connectivity index (χ0v) is 11.6. The molecule has 0 saturated heterocycles. The highest BCUT2D eigenvalue weighted by molar-refractivity contribution is 5.60. The van der Waals surface area contributed by atoms with Crippen LogP contribution in [0.2, 0.25) is 0 Å². The molecule has 0 fully saturated rings. The third-order valence-corrected chi connectivity index (χ3v) is 2.85. The van der Waals surface area contributed by atoms with Crippen molar-refractivity contribution in [3.8, 4) is 0 Å². The molecule has 0 saturated carbocycles. The van der Waals surface area contributed by atoms with Gasteiger partial charge in [-0.05, 0) is 19.3 Å². The molecule has 1 rings (SSSR count). The summed E-state index contributed by atoms with van der Waals surface area (Å²) in [6.45, 7) is 10.7. The summed E-state index contributed by atoms with van der Waals surface area (Å²) in [5.41, 5.74) is 1.21. The molecule has 0 aliphatic rings. The Morgan fingerprint density at radius 1 is 1.29 bits per heavy atom. The molecular weight excluding hydrogens is 212 g/mol. The van der Waals surface area contributed by atoms with Gasteiger partial charge in [0.1, 0.15) is 18.0 Å². The van der Waals surface area contributed by atoms with Crippen molar-refractivity contribution in [3.63, 3.8) is 0 Å². The molecule has 0 radical (unpaired) electrons. The first-order chi connectivity index (χ1) is 8.15. The van der Waals surface area contributed by atoms with E-state index in [-0.39, 0.29) is 0 Å². The van der Waals surface area contributed by atoms with Gasteiger partial charge in [0.25, 0.3) is 0 Å². The van der Waals surface area contributed by atoms with E-state index in [4.69, 9.17) is 0 Å². The minimum Gasteiger partial charge on any atom is -0.373 e. The van der Waals surface area contributed by atoms with E-state index in [9.17, 15) is 0 Å². The van der Waals surface area contributed by atoms with Crippen LogP contribution in [0.4, 0.5) is 11.6 Å². The summed E-state index contributed by atoms with van der Waals surface area (Å²) in [5.74, 6) is 2.43. The Bertz CT molecular complexity index is 349. The first kappa shape index (κ1) is 13.7. The normalized spacial score (nSPS) is 10.7. The molecule has 17 heavy (non-hydrogen) atoms. The monoisotopic (exact) mass is 236 g/mol. The topological polar surface area (TPSA) is 41.1 Å². The molecule has 0 unspecified atom stereocenters. The summed E-state index contributed by atoms with van der Waals surface area (Å²) in [4.78, 5) is 11.1. The zero-order valence-electron chi connectivity index (χ0n) is 11.6. The third kappa shape index (κ3) is 3.08. The number of hydrogen-bond donors (Lipinski definition) is 1. The number of nitrogens with zero attached hydrogens (tertiary/aromatic N) is 3. The number of nitrogens with one attached hydrogen (secondary N) is 1. The minimum absolute atomic E-state index is 0.416. The predicted octanol–water partition coefficient (Wildman–Crippen LogP) is 2.88. The lowest BCUT2D eigenvalue weighted by Gasteiger charge is -2.26. The zero-order chi connectivity index (χ0) is 12.8. The lowest BCUT2D eigenvalue weighted by Crippen LogP contribution is -2.26. The molecule has 1 aromatic heterocycles. The maximum atomic E-state index is 4.47. The number of anilines is 2. The summed E-state index contributed by atoms with van der Waals surface area (Å²) in [7, 11) is 1.91. The Morgan fingerprint density at radius 2 is 2.00 bits per heavy atom. The van der Waals surface area contributed by atoms with Crippen molar-refractivity contribution in [1.29, 1.82) is 0 Å².